The van der Waals surface area contributed by atoms with Gasteiger partial charge in [0.05, 0.1) is 23.7 Å². The van der Waals surface area contributed by atoms with E-state index >= 15 is 0 Å². The molecule has 29 heavy (non-hydrogen) atoms. The molecular formula is C23H33NO5. The third-order valence-electron chi connectivity index (χ3n) is 8.13. The zero-order chi connectivity index (χ0) is 20.9. The van der Waals surface area contributed by atoms with Crippen molar-refractivity contribution in [1.29, 1.82) is 0 Å². The molecule has 6 nitrogen and oxygen atoms in total. The molecule has 0 unspecified atom stereocenters. The first kappa shape index (κ1) is 20.6. The Labute approximate surface area is 172 Å². The van der Waals surface area contributed by atoms with E-state index in [2.05, 4.69) is 20.8 Å². The standard InChI is InChI=1S/C23H33NO5/c1-21(2)14-20(23-11-9-19(25)22(3,15-23)10-8-18(21)23)29-13-12-28-17-6-4-16(5-7-17)24(26)27/h4-7,18-20,25H,8-15H2,1-3H3/t18-,19+,20-,22-,23-/m0/s1. The highest BCUT2D eigenvalue weighted by atomic mass is 16.6. The number of nitrogens with zero attached hydrogens (tertiary/aromatic N) is 1. The van der Waals surface area contributed by atoms with Crippen LogP contribution in [-0.2, 0) is 4.74 Å². The van der Waals surface area contributed by atoms with Gasteiger partial charge in [-0.05, 0) is 67.4 Å². The second-order valence-corrected chi connectivity index (χ2v) is 10.4. The number of aliphatic hydroxyl groups excluding tert-OH is 1. The van der Waals surface area contributed by atoms with Crippen LogP contribution in [0.4, 0.5) is 5.69 Å². The molecule has 0 radical (unpaired) electrons. The first-order chi connectivity index (χ1) is 13.7. The Kier molecular flexibility index (Phi) is 5.14. The van der Waals surface area contributed by atoms with Crippen molar-refractivity contribution >= 4 is 5.69 Å². The van der Waals surface area contributed by atoms with Crippen molar-refractivity contribution in [2.24, 2.45) is 22.2 Å². The highest BCUT2D eigenvalue weighted by Crippen LogP contribution is 2.69. The van der Waals surface area contributed by atoms with E-state index in [1.807, 2.05) is 0 Å². The molecule has 1 spiro atoms. The van der Waals surface area contributed by atoms with Crippen molar-refractivity contribution < 1.29 is 19.5 Å². The van der Waals surface area contributed by atoms with Crippen molar-refractivity contribution in [3.05, 3.63) is 34.4 Å². The van der Waals surface area contributed by atoms with E-state index in [1.54, 1.807) is 12.1 Å². The first-order valence-electron chi connectivity index (χ1n) is 10.8. The molecule has 6 heteroatoms. The fraction of sp³-hybridized carbons (Fsp3) is 0.739. The van der Waals surface area contributed by atoms with E-state index in [1.165, 1.54) is 18.6 Å². The SMILES string of the molecule is CC1(C)C[C@H](OCCOc2ccc([N+](=O)[O-])cc2)[C@]23CC[C@@H](O)[C@@](C)(CC[C@@H]12)C3. The van der Waals surface area contributed by atoms with E-state index in [9.17, 15) is 15.2 Å². The molecule has 3 aliphatic carbocycles. The van der Waals surface area contributed by atoms with Gasteiger partial charge in [0, 0.05) is 17.5 Å². The fourth-order valence-corrected chi connectivity index (χ4v) is 6.76. The molecule has 1 aromatic carbocycles. The normalized spacial score (nSPS) is 37.7. The monoisotopic (exact) mass is 403 g/mol. The summed E-state index contributed by atoms with van der Waals surface area (Å²) < 4.78 is 12.2. The largest absolute Gasteiger partial charge is 0.491 e. The summed E-state index contributed by atoms with van der Waals surface area (Å²) in [5.41, 5.74) is 0.509. The third kappa shape index (κ3) is 3.55. The molecule has 3 saturated carbocycles. The van der Waals surface area contributed by atoms with Crippen LogP contribution in [0.2, 0.25) is 0 Å². The highest BCUT2D eigenvalue weighted by Gasteiger charge is 2.65. The summed E-state index contributed by atoms with van der Waals surface area (Å²) >= 11 is 0. The zero-order valence-electron chi connectivity index (χ0n) is 17.7. The Bertz CT molecular complexity index is 763. The quantitative estimate of drug-likeness (QED) is 0.422. The van der Waals surface area contributed by atoms with Crippen molar-refractivity contribution in [2.75, 3.05) is 13.2 Å². The Hall–Kier alpha value is -1.66. The molecule has 5 atom stereocenters. The molecule has 0 amide bonds. The first-order valence-corrected chi connectivity index (χ1v) is 10.8. The summed E-state index contributed by atoms with van der Waals surface area (Å²) in [4.78, 5) is 10.3. The van der Waals surface area contributed by atoms with Crippen LogP contribution < -0.4 is 4.74 Å². The summed E-state index contributed by atoms with van der Waals surface area (Å²) in [6.07, 6.45) is 6.34. The van der Waals surface area contributed by atoms with Gasteiger partial charge in [0.25, 0.3) is 5.69 Å². The van der Waals surface area contributed by atoms with Crippen LogP contribution in [0, 0.1) is 32.3 Å². The van der Waals surface area contributed by atoms with E-state index in [4.69, 9.17) is 9.47 Å². The number of non-ortho nitro benzene ring substituents is 1. The molecule has 1 aromatic rings. The van der Waals surface area contributed by atoms with E-state index in [0.717, 1.165) is 32.1 Å². The van der Waals surface area contributed by atoms with Gasteiger partial charge in [-0.1, -0.05) is 20.8 Å². The zero-order valence-corrected chi connectivity index (χ0v) is 17.7. The van der Waals surface area contributed by atoms with Gasteiger partial charge in [0.15, 0.2) is 0 Å². The molecule has 0 heterocycles. The lowest BCUT2D eigenvalue weighted by Crippen LogP contribution is -2.54. The van der Waals surface area contributed by atoms with Gasteiger partial charge in [-0.25, -0.2) is 0 Å². The number of hydrogen-bond donors (Lipinski definition) is 1. The van der Waals surface area contributed by atoms with Crippen molar-refractivity contribution in [1.82, 2.24) is 0 Å². The fourth-order valence-electron chi connectivity index (χ4n) is 6.76. The third-order valence-corrected chi connectivity index (χ3v) is 8.13. The maximum absolute atomic E-state index is 10.7. The van der Waals surface area contributed by atoms with Gasteiger partial charge in [-0.2, -0.15) is 0 Å². The predicted octanol–water partition coefficient (Wildman–Crippen LogP) is 4.74. The maximum Gasteiger partial charge on any atom is 0.269 e. The summed E-state index contributed by atoms with van der Waals surface area (Å²) in [5, 5.41) is 21.3. The Balaban J connectivity index is 1.39. The molecule has 3 fully saturated rings. The highest BCUT2D eigenvalue weighted by molar-refractivity contribution is 5.35. The number of benzene rings is 1. The molecular weight excluding hydrogens is 370 g/mol. The number of aliphatic hydroxyl groups is 1. The van der Waals surface area contributed by atoms with Gasteiger partial charge >= 0.3 is 0 Å². The molecule has 0 saturated heterocycles. The maximum atomic E-state index is 10.7. The van der Waals surface area contributed by atoms with E-state index in [0.29, 0.717) is 24.9 Å². The molecule has 1 N–H and O–H groups in total. The van der Waals surface area contributed by atoms with Crippen LogP contribution in [0.25, 0.3) is 0 Å². The average molecular weight is 404 g/mol. The topological polar surface area (TPSA) is 81.8 Å². The minimum absolute atomic E-state index is 0.0199. The average Bonchev–Trinajstić information content (AvgIpc) is 2.88. The van der Waals surface area contributed by atoms with Crippen molar-refractivity contribution in [2.45, 2.75) is 71.5 Å². The number of ether oxygens (including phenoxy) is 2. The lowest BCUT2D eigenvalue weighted by atomic mass is 9.49. The van der Waals surface area contributed by atoms with Crippen molar-refractivity contribution in [3.63, 3.8) is 0 Å². The number of hydrogen-bond acceptors (Lipinski definition) is 5. The van der Waals surface area contributed by atoms with E-state index in [-0.39, 0.29) is 34.1 Å². The molecule has 160 valence electrons. The molecule has 3 aliphatic rings. The number of nitro groups is 1. The van der Waals surface area contributed by atoms with Gasteiger partial charge in [0.1, 0.15) is 12.4 Å². The minimum Gasteiger partial charge on any atom is -0.491 e. The van der Waals surface area contributed by atoms with Gasteiger partial charge in [-0.15, -0.1) is 0 Å². The second kappa shape index (κ2) is 7.24. The molecule has 0 aliphatic heterocycles. The van der Waals surface area contributed by atoms with Crippen LogP contribution >= 0.6 is 0 Å². The number of fused-ring (bicyclic) bond motifs is 1. The smallest absolute Gasteiger partial charge is 0.269 e. The van der Waals surface area contributed by atoms with Crippen molar-refractivity contribution in [3.8, 4) is 5.75 Å². The Morgan fingerprint density at radius 1 is 1.14 bits per heavy atom. The van der Waals surface area contributed by atoms with Gasteiger partial charge in [-0.3, -0.25) is 10.1 Å². The van der Waals surface area contributed by atoms with Crippen LogP contribution in [0.5, 0.6) is 5.75 Å². The van der Waals surface area contributed by atoms with Crippen LogP contribution in [-0.4, -0.2) is 35.5 Å². The van der Waals surface area contributed by atoms with E-state index < -0.39 is 4.92 Å². The lowest BCUT2D eigenvalue weighted by molar-refractivity contribution is -0.384. The summed E-state index contributed by atoms with van der Waals surface area (Å²) in [7, 11) is 0. The summed E-state index contributed by atoms with van der Waals surface area (Å²) in [6.45, 7) is 7.95. The summed E-state index contributed by atoms with van der Waals surface area (Å²) in [6, 6.07) is 6.16. The Morgan fingerprint density at radius 3 is 2.55 bits per heavy atom. The summed E-state index contributed by atoms with van der Waals surface area (Å²) in [5.74, 6) is 1.27. The number of nitro benzene ring substituents is 1. The minimum atomic E-state index is -0.413. The number of rotatable bonds is 6. The van der Waals surface area contributed by atoms with Gasteiger partial charge < -0.3 is 14.6 Å². The second-order valence-electron chi connectivity index (χ2n) is 10.4. The van der Waals surface area contributed by atoms with Crippen LogP contribution in [0.1, 0.15) is 59.3 Å². The van der Waals surface area contributed by atoms with Crippen LogP contribution in [0.15, 0.2) is 24.3 Å². The van der Waals surface area contributed by atoms with Gasteiger partial charge in [0.2, 0.25) is 0 Å². The molecule has 4 rings (SSSR count). The molecule has 0 aromatic heterocycles. The van der Waals surface area contributed by atoms with Crippen LogP contribution in [0.3, 0.4) is 0 Å². The predicted molar refractivity (Wildman–Crippen MR) is 110 cm³/mol. The lowest BCUT2D eigenvalue weighted by Gasteiger charge is -2.58. The Morgan fingerprint density at radius 2 is 1.86 bits per heavy atom. The molecule has 2 bridgehead atoms.